The highest BCUT2D eigenvalue weighted by Gasteiger charge is 2.50. The molecule has 0 fully saturated rings. The minimum Gasteiger partial charge on any atom is -0.493 e. The molecule has 0 heterocycles. The molecule has 0 spiro atoms. The SMILES string of the molecule is CCOc1ccccc1S(C)(C)OS(=O)(=O)C(F)(F)F. The lowest BCUT2D eigenvalue weighted by molar-refractivity contribution is -0.0496. The van der Waals surface area contributed by atoms with Crippen molar-refractivity contribution in [2.24, 2.45) is 0 Å². The molecule has 0 saturated carbocycles. The number of alkyl halides is 3. The zero-order chi connectivity index (χ0) is 15.6. The Kier molecular flexibility index (Phi) is 4.99. The van der Waals surface area contributed by atoms with Gasteiger partial charge in [-0.3, -0.25) is 0 Å². The van der Waals surface area contributed by atoms with Crippen molar-refractivity contribution in [2.45, 2.75) is 17.3 Å². The maximum Gasteiger partial charge on any atom is 0.523 e. The Morgan fingerprint density at radius 2 is 1.70 bits per heavy atom. The van der Waals surface area contributed by atoms with Crippen LogP contribution < -0.4 is 4.74 Å². The predicted molar refractivity (Wildman–Crippen MR) is 71.4 cm³/mol. The first-order chi connectivity index (χ1) is 9.01. The molecule has 4 nitrogen and oxygen atoms in total. The highest BCUT2D eigenvalue weighted by Crippen LogP contribution is 2.56. The highest BCUT2D eigenvalue weighted by atomic mass is 32.3. The molecule has 0 atom stereocenters. The normalized spacial score (nSPS) is 14.1. The zero-order valence-electron chi connectivity index (χ0n) is 11.1. The monoisotopic (exact) mass is 332 g/mol. The molecular formula is C11H15F3O4S2. The van der Waals surface area contributed by atoms with Crippen LogP contribution in [-0.4, -0.2) is 33.0 Å². The highest BCUT2D eigenvalue weighted by molar-refractivity contribution is 8.32. The Balaban J connectivity index is 3.18. The molecule has 9 heteroatoms. The topological polar surface area (TPSA) is 52.6 Å². The van der Waals surface area contributed by atoms with Crippen LogP contribution in [0.5, 0.6) is 5.75 Å². The van der Waals surface area contributed by atoms with Crippen LogP contribution >= 0.6 is 10.3 Å². The third-order valence-electron chi connectivity index (χ3n) is 2.22. The summed E-state index contributed by atoms with van der Waals surface area (Å²) in [6.07, 6.45) is 2.63. The molecule has 1 aromatic carbocycles. The van der Waals surface area contributed by atoms with Gasteiger partial charge in [-0.05, 0) is 31.6 Å². The summed E-state index contributed by atoms with van der Waals surface area (Å²) in [4.78, 5) is 0.301. The van der Waals surface area contributed by atoms with E-state index in [0.717, 1.165) is 0 Å². The number of hydrogen-bond acceptors (Lipinski definition) is 4. The van der Waals surface area contributed by atoms with Crippen LogP contribution in [0.3, 0.4) is 0 Å². The zero-order valence-corrected chi connectivity index (χ0v) is 12.7. The molecule has 116 valence electrons. The Bertz CT molecular complexity index is 567. The summed E-state index contributed by atoms with van der Waals surface area (Å²) in [5, 5.41) is 0. The average Bonchev–Trinajstić information content (AvgIpc) is 2.27. The molecule has 0 aromatic heterocycles. The van der Waals surface area contributed by atoms with Crippen LogP contribution in [0, 0.1) is 0 Å². The van der Waals surface area contributed by atoms with Gasteiger partial charge in [-0.25, -0.2) is 3.63 Å². The van der Waals surface area contributed by atoms with Gasteiger partial charge in [0.25, 0.3) is 0 Å². The average molecular weight is 332 g/mol. The van der Waals surface area contributed by atoms with E-state index in [9.17, 15) is 21.6 Å². The van der Waals surface area contributed by atoms with Crippen LogP contribution in [0.4, 0.5) is 13.2 Å². The lowest BCUT2D eigenvalue weighted by Crippen LogP contribution is -2.26. The molecule has 0 bridgehead atoms. The van der Waals surface area contributed by atoms with E-state index >= 15 is 0 Å². The molecule has 20 heavy (non-hydrogen) atoms. The van der Waals surface area contributed by atoms with E-state index < -0.39 is 25.9 Å². The van der Waals surface area contributed by atoms with Crippen LogP contribution in [0.1, 0.15) is 6.92 Å². The molecule has 0 unspecified atom stereocenters. The number of ether oxygens (including phenoxy) is 1. The van der Waals surface area contributed by atoms with Crippen LogP contribution in [0.25, 0.3) is 0 Å². The van der Waals surface area contributed by atoms with Crippen LogP contribution in [-0.2, 0) is 13.7 Å². The van der Waals surface area contributed by atoms with E-state index in [1.54, 1.807) is 25.1 Å². The molecule has 0 aliphatic carbocycles. The second-order valence-electron chi connectivity index (χ2n) is 4.08. The minimum atomic E-state index is -5.65. The number of rotatable bonds is 5. The second-order valence-corrected chi connectivity index (χ2v) is 8.90. The van der Waals surface area contributed by atoms with Crippen molar-refractivity contribution >= 4 is 20.4 Å². The lowest BCUT2D eigenvalue weighted by Gasteiger charge is -2.31. The molecule has 1 aromatic rings. The van der Waals surface area contributed by atoms with Gasteiger partial charge in [0.1, 0.15) is 5.75 Å². The first kappa shape index (κ1) is 17.1. The summed E-state index contributed by atoms with van der Waals surface area (Å²) in [5.41, 5.74) is -5.45. The van der Waals surface area contributed by atoms with E-state index in [1.165, 1.54) is 18.6 Å². The van der Waals surface area contributed by atoms with Crippen molar-refractivity contribution in [3.05, 3.63) is 24.3 Å². The summed E-state index contributed by atoms with van der Waals surface area (Å²) >= 11 is 0. The third kappa shape index (κ3) is 3.80. The third-order valence-corrected chi connectivity index (χ3v) is 6.26. The van der Waals surface area contributed by atoms with E-state index in [-0.39, 0.29) is 0 Å². The maximum atomic E-state index is 12.4. The van der Waals surface area contributed by atoms with Gasteiger partial charge in [0, 0.05) is 0 Å². The standard InChI is InChI=1S/C11H15F3O4S2/c1-4-17-9-7-5-6-8-10(9)19(2,3)18-20(15,16)11(12,13)14/h5-8H,4H2,1-3H3. The molecule has 0 N–H and O–H groups in total. The van der Waals surface area contributed by atoms with E-state index in [1.807, 2.05) is 0 Å². The Morgan fingerprint density at radius 1 is 1.15 bits per heavy atom. The summed E-state index contributed by atoms with van der Waals surface area (Å²) in [6.45, 7) is 2.02. The number of hydrogen-bond donors (Lipinski definition) is 0. The second kappa shape index (κ2) is 5.82. The van der Waals surface area contributed by atoms with Crippen LogP contribution in [0.15, 0.2) is 29.2 Å². The molecule has 0 aliphatic heterocycles. The van der Waals surface area contributed by atoms with Gasteiger partial charge in [-0.2, -0.15) is 21.6 Å². The fourth-order valence-electron chi connectivity index (χ4n) is 1.43. The van der Waals surface area contributed by atoms with Crippen molar-refractivity contribution in [1.82, 2.24) is 0 Å². The molecular weight excluding hydrogens is 317 g/mol. The summed E-state index contributed by atoms with van der Waals surface area (Å²) < 4.78 is 69.2. The van der Waals surface area contributed by atoms with Gasteiger partial charge >= 0.3 is 15.6 Å². The number of para-hydroxylation sites is 1. The van der Waals surface area contributed by atoms with Gasteiger partial charge < -0.3 is 4.74 Å². The summed E-state index contributed by atoms with van der Waals surface area (Å²) in [6, 6.07) is 6.27. The van der Waals surface area contributed by atoms with Gasteiger partial charge in [0.2, 0.25) is 0 Å². The molecule has 1 rings (SSSR count). The Morgan fingerprint density at radius 3 is 2.20 bits per heavy atom. The molecule has 0 saturated heterocycles. The van der Waals surface area contributed by atoms with Crippen molar-refractivity contribution < 1.29 is 30.0 Å². The maximum absolute atomic E-state index is 12.4. The predicted octanol–water partition coefficient (Wildman–Crippen LogP) is 3.29. The quantitative estimate of drug-likeness (QED) is 0.777. The number of halogens is 3. The van der Waals surface area contributed by atoms with E-state index in [0.29, 0.717) is 17.3 Å². The van der Waals surface area contributed by atoms with Gasteiger partial charge in [0.15, 0.2) is 0 Å². The molecule has 0 aliphatic rings. The van der Waals surface area contributed by atoms with Gasteiger partial charge in [0.05, 0.1) is 11.5 Å². The van der Waals surface area contributed by atoms with Crippen LogP contribution in [0.2, 0.25) is 0 Å². The summed E-state index contributed by atoms with van der Waals surface area (Å²) in [5.74, 6) is 0.312. The van der Waals surface area contributed by atoms with E-state index in [2.05, 4.69) is 3.63 Å². The minimum absolute atomic E-state index is 0.301. The van der Waals surface area contributed by atoms with Crippen molar-refractivity contribution in [1.29, 1.82) is 0 Å². The van der Waals surface area contributed by atoms with Crippen molar-refractivity contribution in [2.75, 3.05) is 19.1 Å². The fourth-order valence-corrected chi connectivity index (χ4v) is 4.84. The smallest absolute Gasteiger partial charge is 0.493 e. The van der Waals surface area contributed by atoms with E-state index in [4.69, 9.17) is 4.74 Å². The number of benzene rings is 1. The van der Waals surface area contributed by atoms with Gasteiger partial charge in [-0.15, -0.1) is 0 Å². The molecule has 0 radical (unpaired) electrons. The first-order valence-electron chi connectivity index (χ1n) is 5.49. The largest absolute Gasteiger partial charge is 0.523 e. The fraction of sp³-hybridized carbons (Fsp3) is 0.455. The van der Waals surface area contributed by atoms with Crippen molar-refractivity contribution in [3.63, 3.8) is 0 Å². The lowest BCUT2D eigenvalue weighted by atomic mass is 10.3. The Hall–Kier alpha value is -0.930. The molecule has 0 amide bonds. The first-order valence-corrected chi connectivity index (χ1v) is 9.27. The van der Waals surface area contributed by atoms with Gasteiger partial charge in [-0.1, -0.05) is 22.4 Å². The Labute approximate surface area is 117 Å². The summed E-state index contributed by atoms with van der Waals surface area (Å²) in [7, 11) is -8.34. The van der Waals surface area contributed by atoms with Crippen molar-refractivity contribution in [3.8, 4) is 5.75 Å².